The maximum Gasteiger partial charge on any atom is 0.140 e. The van der Waals surface area contributed by atoms with Gasteiger partial charge in [-0.05, 0) is 37.6 Å². The molecule has 0 aliphatic heterocycles. The van der Waals surface area contributed by atoms with Gasteiger partial charge in [0.2, 0.25) is 0 Å². The second kappa shape index (κ2) is 6.14. The maximum atomic E-state index is 13.2. The SMILES string of the molecule is CN(Cc1ccc(F)c(C#N)c1)C1CCCCC1O. The van der Waals surface area contributed by atoms with Crippen molar-refractivity contribution < 1.29 is 9.50 Å². The van der Waals surface area contributed by atoms with Crippen LogP contribution >= 0.6 is 0 Å². The molecule has 0 saturated heterocycles. The van der Waals surface area contributed by atoms with E-state index in [9.17, 15) is 9.50 Å². The molecule has 0 aromatic heterocycles. The van der Waals surface area contributed by atoms with Crippen molar-refractivity contribution in [2.75, 3.05) is 7.05 Å². The fraction of sp³-hybridized carbons (Fsp3) is 0.533. The Kier molecular flexibility index (Phi) is 4.52. The molecule has 2 rings (SSSR count). The predicted octanol–water partition coefficient (Wildman–Crippen LogP) is 2.43. The van der Waals surface area contributed by atoms with Crippen LogP contribution in [0.3, 0.4) is 0 Å². The summed E-state index contributed by atoms with van der Waals surface area (Å²) in [4.78, 5) is 2.10. The van der Waals surface area contributed by atoms with E-state index in [-0.39, 0.29) is 17.7 Å². The molecule has 0 spiro atoms. The van der Waals surface area contributed by atoms with Gasteiger partial charge in [-0.1, -0.05) is 18.9 Å². The largest absolute Gasteiger partial charge is 0.391 e. The molecule has 0 heterocycles. The lowest BCUT2D eigenvalue weighted by atomic mass is 9.91. The Bertz CT molecular complexity index is 484. The van der Waals surface area contributed by atoms with Gasteiger partial charge >= 0.3 is 0 Å². The lowest BCUT2D eigenvalue weighted by molar-refractivity contribution is 0.0288. The van der Waals surface area contributed by atoms with Crippen LogP contribution in [0.5, 0.6) is 0 Å². The minimum atomic E-state index is -0.480. The van der Waals surface area contributed by atoms with Gasteiger partial charge in [-0.2, -0.15) is 5.26 Å². The van der Waals surface area contributed by atoms with E-state index < -0.39 is 5.82 Å². The third-order valence-electron chi connectivity index (χ3n) is 3.84. The van der Waals surface area contributed by atoms with Crippen LogP contribution in [0.2, 0.25) is 0 Å². The molecule has 1 saturated carbocycles. The number of aliphatic hydroxyl groups is 1. The highest BCUT2D eigenvalue weighted by atomic mass is 19.1. The smallest absolute Gasteiger partial charge is 0.140 e. The number of nitriles is 1. The van der Waals surface area contributed by atoms with E-state index in [1.54, 1.807) is 12.1 Å². The number of nitrogens with zero attached hydrogens (tertiary/aromatic N) is 2. The summed E-state index contributed by atoms with van der Waals surface area (Å²) in [5.41, 5.74) is 0.980. The van der Waals surface area contributed by atoms with E-state index in [0.29, 0.717) is 6.54 Å². The Labute approximate surface area is 113 Å². The van der Waals surface area contributed by atoms with Crippen molar-refractivity contribution in [3.63, 3.8) is 0 Å². The summed E-state index contributed by atoms with van der Waals surface area (Å²) in [6.07, 6.45) is 3.78. The Morgan fingerprint density at radius 1 is 1.42 bits per heavy atom. The van der Waals surface area contributed by atoms with Crippen molar-refractivity contribution in [2.45, 2.75) is 44.4 Å². The normalized spacial score (nSPS) is 23.3. The van der Waals surface area contributed by atoms with Gasteiger partial charge < -0.3 is 5.11 Å². The third kappa shape index (κ3) is 3.31. The van der Waals surface area contributed by atoms with Gasteiger partial charge in [-0.15, -0.1) is 0 Å². The van der Waals surface area contributed by atoms with Gasteiger partial charge in [0.05, 0.1) is 11.7 Å². The molecule has 102 valence electrons. The zero-order chi connectivity index (χ0) is 13.8. The molecule has 2 unspecified atom stereocenters. The summed E-state index contributed by atoms with van der Waals surface area (Å²) >= 11 is 0. The summed E-state index contributed by atoms with van der Waals surface area (Å²) in [5.74, 6) is -0.480. The van der Waals surface area contributed by atoms with E-state index >= 15 is 0 Å². The summed E-state index contributed by atoms with van der Waals surface area (Å²) < 4.78 is 13.2. The monoisotopic (exact) mass is 262 g/mol. The molecule has 1 N–H and O–H groups in total. The summed E-state index contributed by atoms with van der Waals surface area (Å²) in [6, 6.07) is 6.62. The van der Waals surface area contributed by atoms with Gasteiger partial charge in [0.15, 0.2) is 0 Å². The van der Waals surface area contributed by atoms with Crippen LogP contribution < -0.4 is 0 Å². The van der Waals surface area contributed by atoms with Crippen molar-refractivity contribution in [3.8, 4) is 6.07 Å². The lowest BCUT2D eigenvalue weighted by Gasteiger charge is -2.35. The van der Waals surface area contributed by atoms with Gasteiger partial charge in [-0.3, -0.25) is 4.90 Å². The Hall–Kier alpha value is -1.44. The van der Waals surface area contributed by atoms with Gasteiger partial charge in [0.1, 0.15) is 11.9 Å². The van der Waals surface area contributed by atoms with Gasteiger partial charge in [0, 0.05) is 12.6 Å². The second-order valence-electron chi connectivity index (χ2n) is 5.26. The fourth-order valence-electron chi connectivity index (χ4n) is 2.77. The maximum absolute atomic E-state index is 13.2. The van der Waals surface area contributed by atoms with E-state index in [0.717, 1.165) is 31.2 Å². The number of hydrogen-bond acceptors (Lipinski definition) is 3. The van der Waals surface area contributed by atoms with Crippen molar-refractivity contribution in [1.82, 2.24) is 4.90 Å². The van der Waals surface area contributed by atoms with E-state index in [1.807, 2.05) is 13.1 Å². The molecule has 1 aromatic rings. The van der Waals surface area contributed by atoms with Crippen molar-refractivity contribution in [1.29, 1.82) is 5.26 Å². The highest BCUT2D eigenvalue weighted by Gasteiger charge is 2.26. The fourth-order valence-corrected chi connectivity index (χ4v) is 2.77. The number of benzene rings is 1. The molecule has 0 radical (unpaired) electrons. The van der Waals surface area contributed by atoms with Crippen molar-refractivity contribution >= 4 is 0 Å². The van der Waals surface area contributed by atoms with Gasteiger partial charge in [0.25, 0.3) is 0 Å². The molecule has 3 nitrogen and oxygen atoms in total. The first kappa shape index (κ1) is 14.0. The van der Waals surface area contributed by atoms with E-state index in [2.05, 4.69) is 4.90 Å². The molecular formula is C15H19FN2O. The third-order valence-corrected chi connectivity index (χ3v) is 3.84. The second-order valence-corrected chi connectivity index (χ2v) is 5.26. The molecule has 0 bridgehead atoms. The zero-order valence-electron chi connectivity index (χ0n) is 11.1. The molecule has 19 heavy (non-hydrogen) atoms. The van der Waals surface area contributed by atoms with Crippen LogP contribution in [0.25, 0.3) is 0 Å². The first-order chi connectivity index (χ1) is 9.11. The molecule has 1 aliphatic rings. The van der Waals surface area contributed by atoms with Crippen LogP contribution in [0.1, 0.15) is 36.8 Å². The summed E-state index contributed by atoms with van der Waals surface area (Å²) in [7, 11) is 1.97. The molecule has 0 amide bonds. The van der Waals surface area contributed by atoms with Crippen LogP contribution in [0.15, 0.2) is 18.2 Å². The molecule has 1 aromatic carbocycles. The Morgan fingerprint density at radius 3 is 2.84 bits per heavy atom. The highest BCUT2D eigenvalue weighted by Crippen LogP contribution is 2.23. The molecular weight excluding hydrogens is 243 g/mol. The molecule has 2 atom stereocenters. The van der Waals surface area contributed by atoms with E-state index in [4.69, 9.17) is 5.26 Å². The Morgan fingerprint density at radius 2 is 2.16 bits per heavy atom. The zero-order valence-corrected chi connectivity index (χ0v) is 11.1. The topological polar surface area (TPSA) is 47.3 Å². The number of rotatable bonds is 3. The average molecular weight is 262 g/mol. The highest BCUT2D eigenvalue weighted by molar-refractivity contribution is 5.34. The quantitative estimate of drug-likeness (QED) is 0.910. The molecule has 1 aliphatic carbocycles. The minimum Gasteiger partial charge on any atom is -0.391 e. The average Bonchev–Trinajstić information content (AvgIpc) is 2.41. The molecule has 4 heteroatoms. The number of hydrogen-bond donors (Lipinski definition) is 1. The standard InChI is InChI=1S/C15H19FN2O/c1-18(14-4-2-3-5-15(14)19)10-11-6-7-13(16)12(8-11)9-17/h6-8,14-15,19H,2-5,10H2,1H3. The number of likely N-dealkylation sites (N-methyl/N-ethyl adjacent to an activating group) is 1. The van der Waals surface area contributed by atoms with Crippen LogP contribution in [0.4, 0.5) is 4.39 Å². The van der Waals surface area contributed by atoms with Crippen LogP contribution in [0, 0.1) is 17.1 Å². The Balaban J connectivity index is 2.06. The number of halogens is 1. The lowest BCUT2D eigenvalue weighted by Crippen LogP contribution is -2.42. The first-order valence-corrected chi connectivity index (χ1v) is 6.68. The summed E-state index contributed by atoms with van der Waals surface area (Å²) in [6.45, 7) is 0.622. The van der Waals surface area contributed by atoms with Gasteiger partial charge in [-0.25, -0.2) is 4.39 Å². The molecule has 1 fully saturated rings. The van der Waals surface area contributed by atoms with E-state index in [1.165, 1.54) is 6.07 Å². The van der Waals surface area contributed by atoms with Crippen LogP contribution in [-0.2, 0) is 6.54 Å². The number of aliphatic hydroxyl groups excluding tert-OH is 1. The first-order valence-electron chi connectivity index (χ1n) is 6.68. The predicted molar refractivity (Wildman–Crippen MR) is 70.8 cm³/mol. The van der Waals surface area contributed by atoms with Crippen LogP contribution in [-0.4, -0.2) is 29.2 Å². The summed E-state index contributed by atoms with van der Waals surface area (Å²) in [5, 5.41) is 18.8. The van der Waals surface area contributed by atoms with Crippen molar-refractivity contribution in [2.24, 2.45) is 0 Å². The minimum absolute atomic E-state index is 0.0788. The van der Waals surface area contributed by atoms with Crippen molar-refractivity contribution in [3.05, 3.63) is 35.1 Å².